The molecule has 0 aliphatic carbocycles. The first-order valence-corrected chi connectivity index (χ1v) is 3.94. The van der Waals surface area contributed by atoms with Gasteiger partial charge in [0, 0.05) is 5.38 Å². The summed E-state index contributed by atoms with van der Waals surface area (Å²) in [5.41, 5.74) is -0.329. The average molecular weight is 185 g/mol. The van der Waals surface area contributed by atoms with E-state index in [0.717, 1.165) is 11.3 Å². The molecule has 0 aliphatic rings. The summed E-state index contributed by atoms with van der Waals surface area (Å²) >= 11 is 0.870. The number of carboxylic acid groups (broad SMARTS) is 1. The van der Waals surface area contributed by atoms with E-state index in [-0.39, 0.29) is 10.4 Å². The number of thiophene rings is 1. The molecule has 0 aliphatic heterocycles. The van der Waals surface area contributed by atoms with Gasteiger partial charge in [-0.3, -0.25) is 4.79 Å². The third-order valence-electron chi connectivity index (χ3n) is 1.30. The van der Waals surface area contributed by atoms with Gasteiger partial charge < -0.3 is 10.2 Å². The van der Waals surface area contributed by atoms with E-state index in [9.17, 15) is 14.7 Å². The minimum absolute atomic E-state index is 0.0209. The Balaban J connectivity index is 3.22. The van der Waals surface area contributed by atoms with Crippen LogP contribution >= 0.6 is 11.3 Å². The summed E-state index contributed by atoms with van der Waals surface area (Å²) in [4.78, 5) is 21.1. The number of aromatic carboxylic acids is 1. The fourth-order valence-corrected chi connectivity index (χ4v) is 1.56. The highest BCUT2D eigenvalue weighted by molar-refractivity contribution is 7.12. The van der Waals surface area contributed by atoms with Gasteiger partial charge >= 0.3 is 5.97 Å². The van der Waals surface area contributed by atoms with Gasteiger partial charge in [0.2, 0.25) is 0 Å². The summed E-state index contributed by atoms with van der Waals surface area (Å²) in [5, 5.41) is 20.7. The molecule has 64 valence electrons. The zero-order valence-corrected chi connectivity index (χ0v) is 6.97. The van der Waals surface area contributed by atoms with Gasteiger partial charge in [-0.05, 0) is 6.92 Å². The minimum atomic E-state index is -1.29. The SMILES string of the molecule is CC(=O)c1scc(C(=O)O)c1[O-]. The van der Waals surface area contributed by atoms with Crippen LogP contribution in [0.2, 0.25) is 0 Å². The van der Waals surface area contributed by atoms with Crippen LogP contribution in [0.4, 0.5) is 0 Å². The molecule has 1 rings (SSSR count). The maximum atomic E-state index is 11.1. The molecule has 0 unspecified atom stereocenters. The second-order valence-corrected chi connectivity index (χ2v) is 3.05. The van der Waals surface area contributed by atoms with Crippen molar-refractivity contribution in [2.75, 3.05) is 0 Å². The van der Waals surface area contributed by atoms with E-state index in [4.69, 9.17) is 5.11 Å². The number of rotatable bonds is 2. The van der Waals surface area contributed by atoms with Crippen LogP contribution < -0.4 is 5.11 Å². The predicted octanol–water partition coefficient (Wildman–Crippen LogP) is 0.723. The Hall–Kier alpha value is -1.36. The number of Topliss-reactive ketones (excluding diaryl/α,β-unsaturated/α-hetero) is 1. The number of ketones is 1. The first kappa shape index (κ1) is 8.73. The van der Waals surface area contributed by atoms with E-state index in [1.54, 1.807) is 0 Å². The second kappa shape index (κ2) is 2.94. The lowest BCUT2D eigenvalue weighted by molar-refractivity contribution is -0.268. The molecule has 0 aromatic carbocycles. The van der Waals surface area contributed by atoms with E-state index in [2.05, 4.69) is 0 Å². The number of hydrogen-bond donors (Lipinski definition) is 1. The van der Waals surface area contributed by atoms with Crippen molar-refractivity contribution in [3.05, 3.63) is 15.8 Å². The van der Waals surface area contributed by atoms with Crippen molar-refractivity contribution < 1.29 is 19.8 Å². The summed E-state index contributed by atoms with van der Waals surface area (Å²) in [6, 6.07) is 0. The zero-order valence-electron chi connectivity index (χ0n) is 6.16. The fourth-order valence-electron chi connectivity index (χ4n) is 0.738. The first-order valence-electron chi connectivity index (χ1n) is 3.06. The van der Waals surface area contributed by atoms with Gasteiger partial charge in [0.05, 0.1) is 10.4 Å². The van der Waals surface area contributed by atoms with Gasteiger partial charge in [-0.1, -0.05) is 5.75 Å². The van der Waals surface area contributed by atoms with Crippen LogP contribution in [0.3, 0.4) is 0 Å². The lowest BCUT2D eigenvalue weighted by Crippen LogP contribution is -2.03. The smallest absolute Gasteiger partial charge is 0.335 e. The third-order valence-corrected chi connectivity index (χ3v) is 2.36. The molecule has 5 heteroatoms. The molecule has 0 amide bonds. The average Bonchev–Trinajstić information content (AvgIpc) is 2.30. The van der Waals surface area contributed by atoms with E-state index in [1.807, 2.05) is 0 Å². The molecule has 0 radical (unpaired) electrons. The number of carbonyl (C=O) groups excluding carboxylic acids is 1. The fraction of sp³-hybridized carbons (Fsp3) is 0.143. The summed E-state index contributed by atoms with van der Waals surface area (Å²) in [7, 11) is 0. The highest BCUT2D eigenvalue weighted by Crippen LogP contribution is 2.26. The molecule has 1 aromatic rings. The van der Waals surface area contributed by atoms with Gasteiger partial charge in [0.1, 0.15) is 0 Å². The van der Waals surface area contributed by atoms with Crippen LogP contribution in [-0.2, 0) is 0 Å². The highest BCUT2D eigenvalue weighted by atomic mass is 32.1. The van der Waals surface area contributed by atoms with Crippen molar-refractivity contribution >= 4 is 23.1 Å². The minimum Gasteiger partial charge on any atom is -0.871 e. The molecule has 0 bridgehead atoms. The molecular formula is C7H5O4S-. The molecular weight excluding hydrogens is 180 g/mol. The predicted molar refractivity (Wildman–Crippen MR) is 40.7 cm³/mol. The van der Waals surface area contributed by atoms with E-state index in [0.29, 0.717) is 0 Å². The molecule has 0 saturated carbocycles. The maximum Gasteiger partial charge on any atom is 0.335 e. The third kappa shape index (κ3) is 1.31. The van der Waals surface area contributed by atoms with Crippen molar-refractivity contribution in [2.45, 2.75) is 6.92 Å². The summed E-state index contributed by atoms with van der Waals surface area (Å²) in [6.07, 6.45) is 0. The number of carbonyl (C=O) groups is 2. The van der Waals surface area contributed by atoms with Crippen molar-refractivity contribution in [2.24, 2.45) is 0 Å². The lowest BCUT2D eigenvalue weighted by Gasteiger charge is -2.05. The van der Waals surface area contributed by atoms with Gasteiger partial charge in [0.15, 0.2) is 5.78 Å². The zero-order chi connectivity index (χ0) is 9.30. The normalized spacial score (nSPS) is 9.75. The standard InChI is InChI=1S/C7H6O4S/c1-3(8)6-5(9)4(2-12-6)7(10)11/h2,9H,1H3,(H,10,11)/p-1. The Kier molecular flexibility index (Phi) is 2.14. The molecule has 1 N–H and O–H groups in total. The van der Waals surface area contributed by atoms with Crippen LogP contribution in [0.25, 0.3) is 0 Å². The maximum absolute atomic E-state index is 11.1. The van der Waals surface area contributed by atoms with Crippen molar-refractivity contribution in [3.63, 3.8) is 0 Å². The van der Waals surface area contributed by atoms with E-state index >= 15 is 0 Å². The largest absolute Gasteiger partial charge is 0.871 e. The molecule has 4 nitrogen and oxygen atoms in total. The quantitative estimate of drug-likeness (QED) is 0.688. The Morgan fingerprint density at radius 3 is 2.42 bits per heavy atom. The molecule has 0 atom stereocenters. The highest BCUT2D eigenvalue weighted by Gasteiger charge is 2.11. The summed E-state index contributed by atoms with van der Waals surface area (Å²) in [5.74, 6) is -2.36. The van der Waals surface area contributed by atoms with Crippen LogP contribution in [0.5, 0.6) is 5.75 Å². The van der Waals surface area contributed by atoms with Gasteiger partial charge in [-0.2, -0.15) is 0 Å². The van der Waals surface area contributed by atoms with Crippen molar-refractivity contribution in [3.8, 4) is 5.75 Å². The van der Waals surface area contributed by atoms with Crippen LogP contribution in [0.15, 0.2) is 5.38 Å². The molecule has 1 heterocycles. The monoisotopic (exact) mass is 185 g/mol. The van der Waals surface area contributed by atoms with Crippen molar-refractivity contribution in [1.82, 2.24) is 0 Å². The Bertz CT molecular complexity index is 308. The van der Waals surface area contributed by atoms with Crippen LogP contribution in [-0.4, -0.2) is 16.9 Å². The van der Waals surface area contributed by atoms with E-state index in [1.165, 1.54) is 12.3 Å². The van der Waals surface area contributed by atoms with Gasteiger partial charge in [-0.15, -0.1) is 11.3 Å². The summed E-state index contributed by atoms with van der Waals surface area (Å²) in [6.45, 7) is 1.23. The van der Waals surface area contributed by atoms with E-state index < -0.39 is 17.5 Å². The molecule has 12 heavy (non-hydrogen) atoms. The number of carboxylic acids is 1. The second-order valence-electron chi connectivity index (χ2n) is 2.17. The van der Waals surface area contributed by atoms with Gasteiger partial charge in [-0.25, -0.2) is 4.79 Å². The Morgan fingerprint density at radius 1 is 1.58 bits per heavy atom. The molecule has 1 aromatic heterocycles. The molecule has 0 saturated heterocycles. The first-order chi connectivity index (χ1) is 5.54. The topological polar surface area (TPSA) is 77.4 Å². The lowest BCUT2D eigenvalue weighted by atomic mass is 10.2. The van der Waals surface area contributed by atoms with Crippen LogP contribution in [0, 0.1) is 0 Å². The van der Waals surface area contributed by atoms with Crippen molar-refractivity contribution in [1.29, 1.82) is 0 Å². The molecule has 0 spiro atoms. The Morgan fingerprint density at radius 2 is 2.17 bits per heavy atom. The number of hydrogen-bond acceptors (Lipinski definition) is 4. The Labute approximate surface area is 72.1 Å². The molecule has 0 fully saturated rings. The summed E-state index contributed by atoms with van der Waals surface area (Å²) < 4.78 is 0. The van der Waals surface area contributed by atoms with Gasteiger partial charge in [0.25, 0.3) is 0 Å². The van der Waals surface area contributed by atoms with Crippen LogP contribution in [0.1, 0.15) is 27.0 Å².